The number of alkyl halides is 6. The molecule has 0 bridgehead atoms. The molecule has 0 radical (unpaired) electrons. The molecule has 0 nitrogen and oxygen atoms in total. The molecule has 1 saturated carbocycles. The van der Waals surface area contributed by atoms with Crippen LogP contribution in [-0.4, -0.2) is 12.4 Å². The van der Waals surface area contributed by atoms with Gasteiger partial charge in [-0.2, -0.15) is 26.3 Å². The van der Waals surface area contributed by atoms with E-state index in [1.807, 2.05) is 0 Å². The van der Waals surface area contributed by atoms with Crippen LogP contribution in [-0.2, 0) is 0 Å². The molecule has 2 unspecified atom stereocenters. The summed E-state index contributed by atoms with van der Waals surface area (Å²) in [5.74, 6) is -5.06. The highest BCUT2D eigenvalue weighted by molar-refractivity contribution is 4.94. The Balaban J connectivity index is 3.07. The van der Waals surface area contributed by atoms with Crippen LogP contribution in [0.2, 0.25) is 0 Å². The van der Waals surface area contributed by atoms with Gasteiger partial charge in [0.2, 0.25) is 0 Å². The van der Waals surface area contributed by atoms with Crippen LogP contribution in [0.3, 0.4) is 0 Å². The van der Waals surface area contributed by atoms with E-state index in [4.69, 9.17) is 0 Å². The van der Waals surface area contributed by atoms with Crippen molar-refractivity contribution in [3.63, 3.8) is 0 Å². The van der Waals surface area contributed by atoms with Gasteiger partial charge in [-0.1, -0.05) is 27.2 Å². The molecule has 2 atom stereocenters. The van der Waals surface area contributed by atoms with Gasteiger partial charge in [0, 0.05) is 0 Å². The molecule has 0 aromatic rings. The topological polar surface area (TPSA) is 0 Å². The SMILES string of the molecule is CC(C)(C)C1CCCC1C(C(F)(F)F)C(F)(F)F. The van der Waals surface area contributed by atoms with E-state index in [2.05, 4.69) is 0 Å². The van der Waals surface area contributed by atoms with Crippen LogP contribution in [0.1, 0.15) is 40.0 Å². The fourth-order valence-corrected chi connectivity index (χ4v) is 3.13. The van der Waals surface area contributed by atoms with Crippen molar-refractivity contribution in [1.29, 1.82) is 0 Å². The molecular formula is C12H18F6. The highest BCUT2D eigenvalue weighted by Crippen LogP contribution is 2.54. The van der Waals surface area contributed by atoms with E-state index in [1.165, 1.54) is 0 Å². The van der Waals surface area contributed by atoms with Gasteiger partial charge in [-0.3, -0.25) is 0 Å². The molecule has 0 heterocycles. The minimum atomic E-state index is -5.21. The van der Waals surface area contributed by atoms with Crippen molar-refractivity contribution in [2.75, 3.05) is 0 Å². The van der Waals surface area contributed by atoms with Crippen LogP contribution in [0.4, 0.5) is 26.3 Å². The van der Waals surface area contributed by atoms with Crippen LogP contribution >= 0.6 is 0 Å². The van der Waals surface area contributed by atoms with Crippen molar-refractivity contribution >= 4 is 0 Å². The first-order valence-electron chi connectivity index (χ1n) is 5.98. The molecule has 108 valence electrons. The van der Waals surface area contributed by atoms with Crippen LogP contribution in [0.25, 0.3) is 0 Å². The van der Waals surface area contributed by atoms with Gasteiger partial charge in [-0.15, -0.1) is 0 Å². The third-order valence-corrected chi connectivity index (χ3v) is 3.82. The summed E-state index contributed by atoms with van der Waals surface area (Å²) in [6.07, 6.45) is -9.54. The van der Waals surface area contributed by atoms with E-state index in [-0.39, 0.29) is 6.42 Å². The van der Waals surface area contributed by atoms with E-state index in [0.717, 1.165) is 0 Å². The van der Waals surface area contributed by atoms with Gasteiger partial charge >= 0.3 is 12.4 Å². The Morgan fingerprint density at radius 3 is 1.61 bits per heavy atom. The zero-order valence-electron chi connectivity index (χ0n) is 10.6. The van der Waals surface area contributed by atoms with Gasteiger partial charge in [0.15, 0.2) is 5.92 Å². The number of halogens is 6. The minimum absolute atomic E-state index is 0.00558. The van der Waals surface area contributed by atoms with Crippen molar-refractivity contribution in [2.45, 2.75) is 52.4 Å². The summed E-state index contributed by atoms with van der Waals surface area (Å²) in [4.78, 5) is 0. The Labute approximate surface area is 103 Å². The lowest BCUT2D eigenvalue weighted by atomic mass is 9.70. The molecule has 6 heteroatoms. The monoisotopic (exact) mass is 276 g/mol. The predicted octanol–water partition coefficient (Wildman–Crippen LogP) is 5.19. The maximum atomic E-state index is 12.7. The summed E-state index contributed by atoms with van der Waals surface area (Å²) < 4.78 is 76.3. The second kappa shape index (κ2) is 4.60. The van der Waals surface area contributed by atoms with Gasteiger partial charge in [0.05, 0.1) is 0 Å². The minimum Gasteiger partial charge on any atom is -0.170 e. The third kappa shape index (κ3) is 3.32. The molecule has 0 saturated heterocycles. The lowest BCUT2D eigenvalue weighted by molar-refractivity contribution is -0.303. The molecule has 1 fully saturated rings. The highest BCUT2D eigenvalue weighted by atomic mass is 19.4. The molecule has 0 aromatic heterocycles. The standard InChI is InChI=1S/C12H18F6/c1-10(2,3)8-6-4-5-7(8)9(11(13,14)15)12(16,17)18/h7-9H,4-6H2,1-3H3. The molecule has 0 aliphatic heterocycles. The second-order valence-electron chi connectivity index (χ2n) is 6.13. The molecule has 1 rings (SSSR count). The Morgan fingerprint density at radius 1 is 0.833 bits per heavy atom. The zero-order chi connectivity index (χ0) is 14.4. The normalized spacial score (nSPS) is 27.0. The molecule has 0 aromatic carbocycles. The molecular weight excluding hydrogens is 258 g/mol. The summed E-state index contributed by atoms with van der Waals surface area (Å²) in [7, 11) is 0. The van der Waals surface area contributed by atoms with Gasteiger partial charge in [0.25, 0.3) is 0 Å². The van der Waals surface area contributed by atoms with Crippen molar-refractivity contribution in [2.24, 2.45) is 23.2 Å². The smallest absolute Gasteiger partial charge is 0.170 e. The molecule has 18 heavy (non-hydrogen) atoms. The average molecular weight is 276 g/mol. The summed E-state index contributed by atoms with van der Waals surface area (Å²) in [5, 5.41) is 0. The van der Waals surface area contributed by atoms with E-state index in [1.54, 1.807) is 20.8 Å². The summed E-state index contributed by atoms with van der Waals surface area (Å²) in [5.41, 5.74) is -0.532. The number of rotatable bonds is 1. The molecule has 1 aliphatic carbocycles. The Morgan fingerprint density at radius 2 is 1.28 bits per heavy atom. The second-order valence-corrected chi connectivity index (χ2v) is 6.13. The van der Waals surface area contributed by atoms with Crippen molar-refractivity contribution < 1.29 is 26.3 Å². The largest absolute Gasteiger partial charge is 0.400 e. The Bertz CT molecular complexity index is 268. The lowest BCUT2D eigenvalue weighted by Gasteiger charge is -2.38. The van der Waals surface area contributed by atoms with E-state index in [0.29, 0.717) is 12.8 Å². The first-order chi connectivity index (χ1) is 7.85. The molecule has 0 N–H and O–H groups in total. The zero-order valence-corrected chi connectivity index (χ0v) is 10.6. The van der Waals surface area contributed by atoms with Crippen molar-refractivity contribution in [3.8, 4) is 0 Å². The third-order valence-electron chi connectivity index (χ3n) is 3.82. The molecule has 1 aliphatic rings. The lowest BCUT2D eigenvalue weighted by Crippen LogP contribution is -2.45. The van der Waals surface area contributed by atoms with E-state index >= 15 is 0 Å². The van der Waals surface area contributed by atoms with Gasteiger partial charge in [-0.25, -0.2) is 0 Å². The van der Waals surface area contributed by atoms with Crippen LogP contribution in [0, 0.1) is 23.2 Å². The summed E-state index contributed by atoms with van der Waals surface area (Å²) in [6.45, 7) is 5.12. The maximum Gasteiger partial charge on any atom is 0.400 e. The van der Waals surface area contributed by atoms with Crippen LogP contribution in [0.5, 0.6) is 0 Å². The van der Waals surface area contributed by atoms with Gasteiger partial charge in [-0.05, 0) is 30.1 Å². The Hall–Kier alpha value is -0.420. The van der Waals surface area contributed by atoms with Crippen LogP contribution in [0.15, 0.2) is 0 Å². The van der Waals surface area contributed by atoms with Crippen molar-refractivity contribution in [1.82, 2.24) is 0 Å². The Kier molecular flexibility index (Phi) is 4.00. The fourth-order valence-electron chi connectivity index (χ4n) is 3.13. The highest BCUT2D eigenvalue weighted by Gasteiger charge is 2.62. The van der Waals surface area contributed by atoms with Gasteiger partial charge < -0.3 is 0 Å². The van der Waals surface area contributed by atoms with Crippen LogP contribution < -0.4 is 0 Å². The average Bonchev–Trinajstić information content (AvgIpc) is 2.44. The van der Waals surface area contributed by atoms with E-state index < -0.39 is 35.5 Å². The maximum absolute atomic E-state index is 12.7. The van der Waals surface area contributed by atoms with E-state index in [9.17, 15) is 26.3 Å². The first-order valence-corrected chi connectivity index (χ1v) is 5.98. The number of hydrogen-bond acceptors (Lipinski definition) is 0. The molecule has 0 spiro atoms. The first kappa shape index (κ1) is 15.6. The predicted molar refractivity (Wildman–Crippen MR) is 55.9 cm³/mol. The van der Waals surface area contributed by atoms with Gasteiger partial charge in [0.1, 0.15) is 0 Å². The number of hydrogen-bond donors (Lipinski definition) is 0. The summed E-state index contributed by atoms with van der Waals surface area (Å²) >= 11 is 0. The molecule has 0 amide bonds. The quantitative estimate of drug-likeness (QED) is 0.578. The van der Waals surface area contributed by atoms with Crippen molar-refractivity contribution in [3.05, 3.63) is 0 Å². The summed E-state index contributed by atoms with van der Waals surface area (Å²) in [6, 6.07) is 0. The fraction of sp³-hybridized carbons (Fsp3) is 1.00.